The third-order valence-electron chi connectivity index (χ3n) is 4.98. The fourth-order valence-corrected chi connectivity index (χ4v) is 3.62. The molecule has 0 spiro atoms. The number of nitrogens with one attached hydrogen (secondary N) is 1. The van der Waals surface area contributed by atoms with Crippen LogP contribution in [0.25, 0.3) is 6.08 Å². The first kappa shape index (κ1) is 25.1. The van der Waals surface area contributed by atoms with Crippen LogP contribution < -0.4 is 4.72 Å². The van der Waals surface area contributed by atoms with Crippen molar-refractivity contribution in [2.24, 2.45) is 0 Å². The van der Waals surface area contributed by atoms with Crippen molar-refractivity contribution in [3.05, 3.63) is 95.1 Å². The van der Waals surface area contributed by atoms with Gasteiger partial charge in [0.05, 0.1) is 12.9 Å². The molecule has 9 heteroatoms. The van der Waals surface area contributed by atoms with Crippen LogP contribution in [0.3, 0.4) is 0 Å². The van der Waals surface area contributed by atoms with Gasteiger partial charge in [0.25, 0.3) is 5.91 Å². The van der Waals surface area contributed by atoms with Gasteiger partial charge in [-0.1, -0.05) is 66.2 Å². The summed E-state index contributed by atoms with van der Waals surface area (Å²) in [5.41, 5.74) is 3.49. The molecule has 8 nitrogen and oxygen atoms in total. The minimum atomic E-state index is -3.62. The lowest BCUT2D eigenvalue weighted by atomic mass is 10.1. The Morgan fingerprint density at radius 1 is 1.12 bits per heavy atom. The van der Waals surface area contributed by atoms with E-state index in [0.717, 1.165) is 22.9 Å². The summed E-state index contributed by atoms with van der Waals surface area (Å²) in [5.74, 6) is -0.445. The zero-order valence-electron chi connectivity index (χ0n) is 19.3. The van der Waals surface area contributed by atoms with Crippen molar-refractivity contribution >= 4 is 27.8 Å². The van der Waals surface area contributed by atoms with E-state index in [0.29, 0.717) is 17.9 Å². The number of carbonyl (C=O) groups is 2. The molecule has 0 saturated heterocycles. The van der Waals surface area contributed by atoms with E-state index in [2.05, 4.69) is 4.98 Å². The number of rotatable bonds is 10. The van der Waals surface area contributed by atoms with Crippen molar-refractivity contribution < 1.29 is 22.7 Å². The molecule has 0 aliphatic rings. The molecule has 3 rings (SSSR count). The highest BCUT2D eigenvalue weighted by atomic mass is 32.2. The maximum atomic E-state index is 12.8. The summed E-state index contributed by atoms with van der Waals surface area (Å²) in [7, 11) is -3.62. The molecule has 0 bridgehead atoms. The average Bonchev–Trinajstić information content (AvgIpc) is 3.25. The van der Waals surface area contributed by atoms with E-state index < -0.39 is 22.0 Å². The Bertz CT molecular complexity index is 1280. The van der Waals surface area contributed by atoms with Crippen LogP contribution >= 0.6 is 0 Å². The highest BCUT2D eigenvalue weighted by Crippen LogP contribution is 2.12. The lowest BCUT2D eigenvalue weighted by Crippen LogP contribution is -2.37. The number of sulfonamides is 1. The molecule has 1 aromatic heterocycles. The van der Waals surface area contributed by atoms with Crippen molar-refractivity contribution in [1.82, 2.24) is 14.3 Å². The molecule has 1 amide bonds. The molecule has 1 heterocycles. The van der Waals surface area contributed by atoms with Crippen LogP contribution in [0.1, 0.15) is 39.8 Å². The number of aryl methyl sites for hydroxylation is 1. The van der Waals surface area contributed by atoms with E-state index in [4.69, 9.17) is 4.74 Å². The Hall–Kier alpha value is -3.56. The Balaban J connectivity index is 1.55. The van der Waals surface area contributed by atoms with E-state index in [1.807, 2.05) is 60.2 Å². The van der Waals surface area contributed by atoms with Gasteiger partial charge in [-0.2, -0.15) is 0 Å². The third kappa shape index (κ3) is 7.23. The molecule has 0 radical (unpaired) electrons. The van der Waals surface area contributed by atoms with Crippen LogP contribution in [0.2, 0.25) is 0 Å². The highest BCUT2D eigenvalue weighted by Gasteiger charge is 2.17. The standard InChI is InChI=1S/C25H27N3O5S/c1-18-6-12-22(13-7-18)23(29)24-26-14-16-28(24)15-4-5-20-8-10-21(11-9-20)17-33-19(2)25(30)27-34(3,31)32/h4-14,16,19H,15,17H2,1-3H3,(H,27,30)/b5-4+/t19-/m1/s1. The predicted molar refractivity (Wildman–Crippen MR) is 130 cm³/mol. The summed E-state index contributed by atoms with van der Waals surface area (Å²) in [5, 5.41) is 0. The van der Waals surface area contributed by atoms with Gasteiger partial charge in [0.15, 0.2) is 5.82 Å². The number of aromatic nitrogens is 2. The highest BCUT2D eigenvalue weighted by molar-refractivity contribution is 7.89. The SMILES string of the molecule is Cc1ccc(C(=O)c2nccn2C/C=C/c2ccc(CO[C@H](C)C(=O)NS(C)(=O)=O)cc2)cc1. The van der Waals surface area contributed by atoms with Crippen LogP contribution in [-0.4, -0.2) is 42.0 Å². The van der Waals surface area contributed by atoms with Crippen LogP contribution in [-0.2, 0) is 32.7 Å². The zero-order chi connectivity index (χ0) is 24.7. The van der Waals surface area contributed by atoms with Crippen molar-refractivity contribution in [1.29, 1.82) is 0 Å². The number of nitrogens with zero attached hydrogens (tertiary/aromatic N) is 2. The Morgan fingerprint density at radius 3 is 2.44 bits per heavy atom. The molecular formula is C25H27N3O5S. The molecule has 0 saturated carbocycles. The molecule has 0 aliphatic carbocycles. The largest absolute Gasteiger partial charge is 0.364 e. The summed E-state index contributed by atoms with van der Waals surface area (Å²) in [6.45, 7) is 4.12. The Labute approximate surface area is 199 Å². The van der Waals surface area contributed by atoms with Gasteiger partial charge in [-0.3, -0.25) is 14.3 Å². The van der Waals surface area contributed by atoms with Crippen LogP contribution in [0.15, 0.2) is 67.0 Å². The number of amides is 1. The number of allylic oxidation sites excluding steroid dienone is 1. The number of imidazole rings is 1. The van der Waals surface area contributed by atoms with Crippen molar-refractivity contribution in [2.75, 3.05) is 6.26 Å². The number of ether oxygens (including phenoxy) is 1. The molecule has 34 heavy (non-hydrogen) atoms. The summed E-state index contributed by atoms with van der Waals surface area (Å²) in [6, 6.07) is 15.0. The van der Waals surface area contributed by atoms with Gasteiger partial charge >= 0.3 is 0 Å². The van der Waals surface area contributed by atoms with Crippen molar-refractivity contribution in [3.63, 3.8) is 0 Å². The average molecular weight is 482 g/mol. The molecule has 1 N–H and O–H groups in total. The van der Waals surface area contributed by atoms with Gasteiger partial charge in [-0.15, -0.1) is 0 Å². The lowest BCUT2D eigenvalue weighted by Gasteiger charge is -2.12. The Morgan fingerprint density at radius 2 is 1.79 bits per heavy atom. The van der Waals surface area contributed by atoms with E-state index in [-0.39, 0.29) is 12.4 Å². The molecule has 2 aromatic carbocycles. The maximum absolute atomic E-state index is 12.8. The van der Waals surface area contributed by atoms with Crippen LogP contribution in [0.4, 0.5) is 0 Å². The molecule has 3 aromatic rings. The molecule has 178 valence electrons. The first-order valence-corrected chi connectivity index (χ1v) is 12.5. The summed E-state index contributed by atoms with van der Waals surface area (Å²) < 4.78 is 31.4. The van der Waals surface area contributed by atoms with Gasteiger partial charge in [0.2, 0.25) is 15.8 Å². The topological polar surface area (TPSA) is 107 Å². The molecule has 0 fully saturated rings. The maximum Gasteiger partial charge on any atom is 0.262 e. The van der Waals surface area contributed by atoms with Crippen molar-refractivity contribution in [2.45, 2.75) is 33.1 Å². The summed E-state index contributed by atoms with van der Waals surface area (Å²) >= 11 is 0. The van der Waals surface area contributed by atoms with Crippen molar-refractivity contribution in [3.8, 4) is 0 Å². The van der Waals surface area contributed by atoms with Gasteiger partial charge in [-0.05, 0) is 25.0 Å². The van der Waals surface area contributed by atoms with Crippen LogP contribution in [0, 0.1) is 6.92 Å². The van der Waals surface area contributed by atoms with E-state index in [1.54, 1.807) is 29.1 Å². The normalized spacial score (nSPS) is 12.6. The van der Waals surface area contributed by atoms with Gasteiger partial charge in [-0.25, -0.2) is 13.4 Å². The van der Waals surface area contributed by atoms with Crippen LogP contribution in [0.5, 0.6) is 0 Å². The van der Waals surface area contributed by atoms with E-state index >= 15 is 0 Å². The summed E-state index contributed by atoms with van der Waals surface area (Å²) in [6.07, 6.45) is 7.28. The van der Waals surface area contributed by atoms with Gasteiger partial charge in [0.1, 0.15) is 6.10 Å². The Kier molecular flexibility index (Phi) is 8.14. The number of carbonyl (C=O) groups excluding carboxylic acids is 2. The fraction of sp³-hybridized carbons (Fsp3) is 0.240. The number of benzene rings is 2. The third-order valence-corrected chi connectivity index (χ3v) is 5.55. The number of hydrogen-bond donors (Lipinski definition) is 1. The first-order valence-electron chi connectivity index (χ1n) is 10.6. The fourth-order valence-electron chi connectivity index (χ4n) is 3.09. The van der Waals surface area contributed by atoms with Gasteiger partial charge < -0.3 is 9.30 Å². The minimum absolute atomic E-state index is 0.123. The molecular weight excluding hydrogens is 454 g/mol. The quantitative estimate of drug-likeness (QED) is 0.446. The van der Waals surface area contributed by atoms with E-state index in [1.165, 1.54) is 6.92 Å². The number of hydrogen-bond acceptors (Lipinski definition) is 6. The second-order valence-electron chi connectivity index (χ2n) is 7.93. The first-order chi connectivity index (χ1) is 16.1. The van der Waals surface area contributed by atoms with E-state index in [9.17, 15) is 18.0 Å². The number of ketones is 1. The second-order valence-corrected chi connectivity index (χ2v) is 9.68. The predicted octanol–water partition coefficient (Wildman–Crippen LogP) is 3.12. The molecule has 0 unspecified atom stereocenters. The lowest BCUT2D eigenvalue weighted by molar-refractivity contribution is -0.130. The van der Waals surface area contributed by atoms with Gasteiger partial charge in [0, 0.05) is 24.5 Å². The molecule has 1 atom stereocenters. The summed E-state index contributed by atoms with van der Waals surface area (Å²) in [4.78, 5) is 28.7. The molecule has 0 aliphatic heterocycles. The minimum Gasteiger partial charge on any atom is -0.364 e. The monoisotopic (exact) mass is 481 g/mol. The zero-order valence-corrected chi connectivity index (χ0v) is 20.1. The second kappa shape index (κ2) is 11.0. The smallest absolute Gasteiger partial charge is 0.262 e.